The summed E-state index contributed by atoms with van der Waals surface area (Å²) < 4.78 is 0. The Morgan fingerprint density at radius 3 is 2.73 bits per heavy atom. The molecule has 0 bridgehead atoms. The Hall–Kier alpha value is -1.36. The minimum Gasteiger partial charge on any atom is -0.347 e. The summed E-state index contributed by atoms with van der Waals surface area (Å²) in [6.07, 6.45) is 0.338. The second-order valence-electron chi connectivity index (χ2n) is 3.37. The molecule has 1 aromatic heterocycles. The molecule has 2 amide bonds. The van der Waals surface area contributed by atoms with Gasteiger partial charge in [0.15, 0.2) is 0 Å². The van der Waals surface area contributed by atoms with Crippen LogP contribution in [0.5, 0.6) is 0 Å². The largest absolute Gasteiger partial charge is 0.347 e. The highest BCUT2D eigenvalue weighted by Crippen LogP contribution is 2.05. The van der Waals surface area contributed by atoms with E-state index in [1.165, 1.54) is 4.90 Å². The van der Waals surface area contributed by atoms with E-state index >= 15 is 0 Å². The topological polar surface area (TPSA) is 49.4 Å². The highest BCUT2D eigenvalue weighted by atomic mass is 32.1. The number of likely N-dealkylation sites (N-methyl/N-ethyl adjacent to an activating group) is 1. The third kappa shape index (κ3) is 4.12. The van der Waals surface area contributed by atoms with Gasteiger partial charge in [0, 0.05) is 14.1 Å². The molecule has 0 atom stereocenters. The summed E-state index contributed by atoms with van der Waals surface area (Å²) in [5.74, 6) is -0.225. The lowest BCUT2D eigenvalue weighted by Gasteiger charge is -2.10. The number of hydrogen-bond acceptors (Lipinski definition) is 3. The fraction of sp³-hybridized carbons (Fsp3) is 0.400. The van der Waals surface area contributed by atoms with E-state index in [1.807, 2.05) is 16.8 Å². The van der Waals surface area contributed by atoms with E-state index in [0.717, 1.165) is 5.56 Å². The fourth-order valence-corrected chi connectivity index (χ4v) is 1.64. The Balaban J connectivity index is 2.28. The summed E-state index contributed by atoms with van der Waals surface area (Å²) in [4.78, 5) is 24.0. The second kappa shape index (κ2) is 5.50. The first kappa shape index (κ1) is 11.7. The Bertz CT molecular complexity index is 333. The zero-order valence-electron chi connectivity index (χ0n) is 8.82. The molecule has 0 aromatic carbocycles. The van der Waals surface area contributed by atoms with Crippen LogP contribution >= 0.6 is 11.3 Å². The van der Waals surface area contributed by atoms with Crippen molar-refractivity contribution in [1.29, 1.82) is 0 Å². The average molecular weight is 226 g/mol. The van der Waals surface area contributed by atoms with Crippen molar-refractivity contribution in [2.45, 2.75) is 6.42 Å². The van der Waals surface area contributed by atoms with Crippen LogP contribution < -0.4 is 5.32 Å². The zero-order chi connectivity index (χ0) is 11.3. The average Bonchev–Trinajstić information content (AvgIpc) is 2.66. The van der Waals surface area contributed by atoms with Crippen LogP contribution in [-0.4, -0.2) is 37.4 Å². The summed E-state index contributed by atoms with van der Waals surface area (Å²) >= 11 is 1.56. The number of carbonyl (C=O) groups excluding carboxylic acids is 2. The van der Waals surface area contributed by atoms with E-state index in [-0.39, 0.29) is 18.4 Å². The van der Waals surface area contributed by atoms with Gasteiger partial charge in [-0.3, -0.25) is 9.59 Å². The molecule has 0 aliphatic heterocycles. The molecule has 82 valence electrons. The predicted molar refractivity (Wildman–Crippen MR) is 59.7 cm³/mol. The van der Waals surface area contributed by atoms with Gasteiger partial charge in [-0.2, -0.15) is 11.3 Å². The molecule has 0 aliphatic carbocycles. The first-order valence-electron chi connectivity index (χ1n) is 4.57. The number of nitrogens with zero attached hydrogens (tertiary/aromatic N) is 1. The van der Waals surface area contributed by atoms with Crippen molar-refractivity contribution >= 4 is 23.2 Å². The van der Waals surface area contributed by atoms with Crippen molar-refractivity contribution in [2.24, 2.45) is 0 Å². The first-order valence-corrected chi connectivity index (χ1v) is 5.52. The number of amides is 2. The third-order valence-electron chi connectivity index (χ3n) is 1.88. The molecule has 1 rings (SSSR count). The third-order valence-corrected chi connectivity index (χ3v) is 2.61. The quantitative estimate of drug-likeness (QED) is 0.812. The summed E-state index contributed by atoms with van der Waals surface area (Å²) in [7, 11) is 3.32. The Morgan fingerprint density at radius 1 is 1.47 bits per heavy atom. The molecule has 0 aliphatic rings. The highest BCUT2D eigenvalue weighted by Gasteiger charge is 2.07. The van der Waals surface area contributed by atoms with Gasteiger partial charge in [-0.25, -0.2) is 0 Å². The summed E-state index contributed by atoms with van der Waals surface area (Å²) in [5.41, 5.74) is 0.981. The monoisotopic (exact) mass is 226 g/mol. The normalized spacial score (nSPS) is 9.73. The number of thiophene rings is 1. The minimum atomic E-state index is -0.122. The molecule has 1 aromatic rings. The lowest BCUT2D eigenvalue weighted by molar-refractivity contribution is -0.130. The standard InChI is InChI=1S/C10H14N2O2S/c1-12(2)10(14)6-11-9(13)5-8-3-4-15-7-8/h3-4,7H,5-6H2,1-2H3,(H,11,13). The van der Waals surface area contributed by atoms with Crippen molar-refractivity contribution < 1.29 is 9.59 Å². The summed E-state index contributed by atoms with van der Waals surface area (Å²) in [5, 5.41) is 6.42. The van der Waals surface area contributed by atoms with E-state index in [0.29, 0.717) is 6.42 Å². The van der Waals surface area contributed by atoms with Gasteiger partial charge >= 0.3 is 0 Å². The molecule has 0 saturated heterocycles. The number of hydrogen-bond donors (Lipinski definition) is 1. The lowest BCUT2D eigenvalue weighted by atomic mass is 10.2. The van der Waals surface area contributed by atoms with Crippen LogP contribution in [0.15, 0.2) is 16.8 Å². The van der Waals surface area contributed by atoms with E-state index < -0.39 is 0 Å². The Labute approximate surface area is 92.9 Å². The molecular formula is C10H14N2O2S. The van der Waals surface area contributed by atoms with Crippen LogP contribution in [0, 0.1) is 0 Å². The van der Waals surface area contributed by atoms with Gasteiger partial charge < -0.3 is 10.2 Å². The number of rotatable bonds is 4. The lowest BCUT2D eigenvalue weighted by Crippen LogP contribution is -2.36. The molecule has 0 fully saturated rings. The van der Waals surface area contributed by atoms with E-state index in [2.05, 4.69) is 5.32 Å². The van der Waals surface area contributed by atoms with Crippen molar-refractivity contribution in [3.63, 3.8) is 0 Å². The fourth-order valence-electron chi connectivity index (χ4n) is 0.973. The van der Waals surface area contributed by atoms with Crippen LogP contribution in [0.2, 0.25) is 0 Å². The van der Waals surface area contributed by atoms with Crippen LogP contribution in [-0.2, 0) is 16.0 Å². The summed E-state index contributed by atoms with van der Waals surface area (Å²) in [6, 6.07) is 1.90. The molecule has 0 unspecified atom stereocenters. The van der Waals surface area contributed by atoms with Crippen molar-refractivity contribution in [3.05, 3.63) is 22.4 Å². The second-order valence-corrected chi connectivity index (χ2v) is 4.15. The molecule has 15 heavy (non-hydrogen) atoms. The van der Waals surface area contributed by atoms with E-state index in [4.69, 9.17) is 0 Å². The zero-order valence-corrected chi connectivity index (χ0v) is 9.63. The molecule has 0 spiro atoms. The summed E-state index contributed by atoms with van der Waals surface area (Å²) in [6.45, 7) is 0.0654. The molecule has 0 radical (unpaired) electrons. The maximum atomic E-state index is 11.4. The smallest absolute Gasteiger partial charge is 0.241 e. The SMILES string of the molecule is CN(C)C(=O)CNC(=O)Cc1ccsc1. The van der Waals surface area contributed by atoms with Gasteiger partial charge in [0.25, 0.3) is 0 Å². The Kier molecular flexibility index (Phi) is 4.30. The molecule has 4 nitrogen and oxygen atoms in total. The number of carbonyl (C=O) groups is 2. The van der Waals surface area contributed by atoms with Crippen molar-refractivity contribution in [3.8, 4) is 0 Å². The Morgan fingerprint density at radius 2 is 2.20 bits per heavy atom. The molecule has 0 saturated carbocycles. The molecule has 1 heterocycles. The van der Waals surface area contributed by atoms with Crippen LogP contribution in [0.1, 0.15) is 5.56 Å². The van der Waals surface area contributed by atoms with Crippen LogP contribution in [0.25, 0.3) is 0 Å². The predicted octanol–water partition coefficient (Wildman–Crippen LogP) is 0.495. The van der Waals surface area contributed by atoms with Gasteiger partial charge in [0.05, 0.1) is 13.0 Å². The van der Waals surface area contributed by atoms with Crippen molar-refractivity contribution in [1.82, 2.24) is 10.2 Å². The number of nitrogens with one attached hydrogen (secondary N) is 1. The maximum Gasteiger partial charge on any atom is 0.241 e. The minimum absolute atomic E-state index is 0.0654. The van der Waals surface area contributed by atoms with Gasteiger partial charge in [-0.05, 0) is 22.4 Å². The molecular weight excluding hydrogens is 212 g/mol. The first-order chi connectivity index (χ1) is 7.09. The van der Waals surface area contributed by atoms with Gasteiger partial charge in [0.1, 0.15) is 0 Å². The van der Waals surface area contributed by atoms with E-state index in [9.17, 15) is 9.59 Å². The highest BCUT2D eigenvalue weighted by molar-refractivity contribution is 7.07. The molecule has 5 heteroatoms. The van der Waals surface area contributed by atoms with Crippen LogP contribution in [0.3, 0.4) is 0 Å². The van der Waals surface area contributed by atoms with Crippen LogP contribution in [0.4, 0.5) is 0 Å². The van der Waals surface area contributed by atoms with Crippen molar-refractivity contribution in [2.75, 3.05) is 20.6 Å². The van der Waals surface area contributed by atoms with Gasteiger partial charge in [-0.15, -0.1) is 0 Å². The van der Waals surface area contributed by atoms with Gasteiger partial charge in [-0.1, -0.05) is 0 Å². The van der Waals surface area contributed by atoms with Gasteiger partial charge in [0.2, 0.25) is 11.8 Å². The molecule has 1 N–H and O–H groups in total. The maximum absolute atomic E-state index is 11.4. The van der Waals surface area contributed by atoms with E-state index in [1.54, 1.807) is 25.4 Å².